The lowest BCUT2D eigenvalue weighted by Crippen LogP contribution is -2.58. The number of rotatable bonds is 4. The monoisotopic (exact) mass is 505 g/mol. The summed E-state index contributed by atoms with van der Waals surface area (Å²) in [7, 11) is 0. The molecule has 3 aromatic rings. The van der Waals surface area contributed by atoms with E-state index in [1.807, 2.05) is 30.3 Å². The van der Waals surface area contributed by atoms with Crippen molar-refractivity contribution in [3.8, 4) is 0 Å². The van der Waals surface area contributed by atoms with Crippen molar-refractivity contribution in [3.63, 3.8) is 0 Å². The molecule has 3 saturated carbocycles. The molecule has 3 aliphatic carbocycles. The lowest BCUT2D eigenvalue weighted by molar-refractivity contribution is -0.144. The molecule has 1 saturated heterocycles. The number of hydrogen-bond acceptors (Lipinski definition) is 3. The van der Waals surface area contributed by atoms with Gasteiger partial charge < -0.3 is 15.5 Å². The first-order valence-corrected chi connectivity index (χ1v) is 14.3. The van der Waals surface area contributed by atoms with Gasteiger partial charge in [-0.05, 0) is 73.3 Å². The van der Waals surface area contributed by atoms with E-state index in [4.69, 9.17) is 0 Å². The average Bonchev–Trinajstić information content (AvgIpc) is 3.43. The van der Waals surface area contributed by atoms with Crippen LogP contribution < -0.4 is 10.6 Å². The fourth-order valence-corrected chi connectivity index (χ4v) is 7.99. The molecule has 194 valence electrons. The zero-order chi connectivity index (χ0) is 25.6. The van der Waals surface area contributed by atoms with Crippen LogP contribution in [0.25, 0.3) is 0 Å². The third kappa shape index (κ3) is 3.91. The number of carbonyl (C=O) groups is 2. The Morgan fingerprint density at radius 1 is 0.763 bits per heavy atom. The van der Waals surface area contributed by atoms with Gasteiger partial charge in [0.15, 0.2) is 0 Å². The predicted molar refractivity (Wildman–Crippen MR) is 148 cm³/mol. The van der Waals surface area contributed by atoms with Gasteiger partial charge >= 0.3 is 0 Å². The Morgan fingerprint density at radius 3 is 2.18 bits per heavy atom. The highest BCUT2D eigenvalue weighted by Gasteiger charge is 2.53. The van der Waals surface area contributed by atoms with E-state index < -0.39 is 0 Å². The van der Waals surface area contributed by atoms with Gasteiger partial charge in [0, 0.05) is 29.8 Å². The Morgan fingerprint density at radius 2 is 1.42 bits per heavy atom. The van der Waals surface area contributed by atoms with Crippen LogP contribution >= 0.6 is 0 Å². The smallest absolute Gasteiger partial charge is 0.251 e. The van der Waals surface area contributed by atoms with Gasteiger partial charge in [-0.25, -0.2) is 0 Å². The quantitative estimate of drug-likeness (QED) is 0.459. The van der Waals surface area contributed by atoms with Crippen LogP contribution in [0.1, 0.15) is 65.7 Å². The minimum atomic E-state index is -0.147. The van der Waals surface area contributed by atoms with Crippen LogP contribution in [0.4, 0.5) is 5.69 Å². The van der Waals surface area contributed by atoms with Crippen molar-refractivity contribution >= 4 is 17.5 Å². The third-order valence-electron chi connectivity index (χ3n) is 9.74. The maximum absolute atomic E-state index is 14.6. The van der Waals surface area contributed by atoms with E-state index in [-0.39, 0.29) is 35.9 Å². The molecule has 4 fully saturated rings. The molecular weight excluding hydrogens is 470 g/mol. The molecule has 2 aliphatic heterocycles. The van der Waals surface area contributed by atoms with Crippen molar-refractivity contribution in [2.75, 3.05) is 11.9 Å². The number of fused-ring (bicyclic) bond motifs is 6. The van der Waals surface area contributed by atoms with Gasteiger partial charge in [0.2, 0.25) is 5.91 Å². The fourth-order valence-electron chi connectivity index (χ4n) is 7.99. The molecule has 0 aromatic heterocycles. The molecule has 5 heteroatoms. The Balaban J connectivity index is 1.21. The van der Waals surface area contributed by atoms with Gasteiger partial charge in [-0.15, -0.1) is 0 Å². The number of nitrogens with one attached hydrogen (secondary N) is 2. The molecule has 0 spiro atoms. The summed E-state index contributed by atoms with van der Waals surface area (Å²) < 4.78 is 0. The minimum absolute atomic E-state index is 0.0519. The van der Waals surface area contributed by atoms with E-state index in [2.05, 4.69) is 70.1 Å². The van der Waals surface area contributed by atoms with Gasteiger partial charge in [0.05, 0.1) is 18.0 Å². The largest absolute Gasteiger partial charge is 0.378 e. The maximum atomic E-state index is 14.6. The molecule has 5 atom stereocenters. The molecule has 2 amide bonds. The van der Waals surface area contributed by atoms with Crippen LogP contribution in [0, 0.1) is 23.7 Å². The van der Waals surface area contributed by atoms with Gasteiger partial charge in [-0.3, -0.25) is 9.59 Å². The van der Waals surface area contributed by atoms with E-state index in [9.17, 15) is 9.59 Å². The fraction of sp³-hybridized carbons (Fsp3) is 0.394. The first-order valence-electron chi connectivity index (χ1n) is 14.3. The van der Waals surface area contributed by atoms with Crippen LogP contribution in [0.15, 0.2) is 84.9 Å². The number of hydrogen-bond donors (Lipinski definition) is 2. The van der Waals surface area contributed by atoms with Crippen molar-refractivity contribution in [1.29, 1.82) is 0 Å². The maximum Gasteiger partial charge on any atom is 0.251 e. The number of likely N-dealkylation sites (tertiary alicyclic amines) is 1. The molecule has 2 heterocycles. The number of nitrogens with zero attached hydrogens (tertiary/aromatic N) is 1. The predicted octanol–water partition coefficient (Wildman–Crippen LogP) is 5.98. The zero-order valence-electron chi connectivity index (χ0n) is 21.6. The first-order chi connectivity index (χ1) is 18.7. The Bertz CT molecular complexity index is 1320. The molecule has 8 rings (SSSR count). The van der Waals surface area contributed by atoms with Crippen molar-refractivity contribution < 1.29 is 9.59 Å². The highest BCUT2D eigenvalue weighted by molar-refractivity contribution is 5.95. The molecule has 2 N–H and O–H groups in total. The number of amides is 2. The Kier molecular flexibility index (Phi) is 5.95. The Labute approximate surface area is 224 Å². The molecule has 2 bridgehead atoms. The highest BCUT2D eigenvalue weighted by atomic mass is 16.2. The van der Waals surface area contributed by atoms with E-state index in [0.29, 0.717) is 23.3 Å². The van der Waals surface area contributed by atoms with Crippen molar-refractivity contribution in [2.45, 2.75) is 50.2 Å². The zero-order valence-corrected chi connectivity index (χ0v) is 21.6. The van der Waals surface area contributed by atoms with Crippen LogP contribution in [-0.2, 0) is 4.79 Å². The van der Waals surface area contributed by atoms with Crippen LogP contribution in [0.3, 0.4) is 0 Å². The summed E-state index contributed by atoms with van der Waals surface area (Å²) in [6, 6.07) is 28.7. The SMILES string of the molecule is O=C(N[C@@H]1C2CCC(CC2)[C@@H]1C(=O)N1CC[C@H]2[C@@H](c3ccccc3)Nc3ccccc3[C@H]21)c1ccccc1. The molecule has 38 heavy (non-hydrogen) atoms. The molecule has 0 unspecified atom stereocenters. The summed E-state index contributed by atoms with van der Waals surface area (Å²) in [6.07, 6.45) is 5.35. The summed E-state index contributed by atoms with van der Waals surface area (Å²) in [5.74, 6) is 1.07. The second-order valence-corrected chi connectivity index (χ2v) is 11.6. The summed E-state index contributed by atoms with van der Waals surface area (Å²) in [4.78, 5) is 30.0. The lowest BCUT2D eigenvalue weighted by Gasteiger charge is -2.50. The third-order valence-corrected chi connectivity index (χ3v) is 9.74. The average molecular weight is 506 g/mol. The van der Waals surface area contributed by atoms with Gasteiger partial charge in [-0.2, -0.15) is 0 Å². The highest BCUT2D eigenvalue weighted by Crippen LogP contribution is 2.53. The van der Waals surface area contributed by atoms with Crippen molar-refractivity contribution in [3.05, 3.63) is 102 Å². The molecule has 3 aromatic carbocycles. The molecule has 5 aliphatic rings. The summed E-state index contributed by atoms with van der Waals surface area (Å²) >= 11 is 0. The van der Waals surface area contributed by atoms with Crippen LogP contribution in [0.2, 0.25) is 0 Å². The second kappa shape index (κ2) is 9.61. The summed E-state index contributed by atoms with van der Waals surface area (Å²) in [5.41, 5.74) is 4.29. The van der Waals surface area contributed by atoms with Gasteiger partial charge in [-0.1, -0.05) is 66.7 Å². The van der Waals surface area contributed by atoms with Crippen LogP contribution in [0.5, 0.6) is 0 Å². The number of benzene rings is 3. The van der Waals surface area contributed by atoms with E-state index in [1.54, 1.807) is 0 Å². The van der Waals surface area contributed by atoms with Gasteiger partial charge in [0.1, 0.15) is 0 Å². The number of anilines is 1. The minimum Gasteiger partial charge on any atom is -0.378 e. The van der Waals surface area contributed by atoms with E-state index >= 15 is 0 Å². The van der Waals surface area contributed by atoms with E-state index in [1.165, 1.54) is 11.1 Å². The number of carbonyl (C=O) groups excluding carboxylic acids is 2. The number of para-hydroxylation sites is 1. The standard InChI is InChI=1S/C33H35N3O2/c37-32(24-11-5-2-6-12-24)35-30-23-17-15-21(16-18-23)28(30)33(38)36-20-19-26-29(22-9-3-1-4-10-22)34-27-14-8-7-13-25(27)31(26)36/h1-14,21,23,26,28-31,34H,15-20H2,(H,35,37)/t21?,23?,26-,28-,29+,30+,31+/m0/s1. The molecule has 0 radical (unpaired) electrons. The summed E-state index contributed by atoms with van der Waals surface area (Å²) in [6.45, 7) is 0.765. The molecule has 5 nitrogen and oxygen atoms in total. The van der Waals surface area contributed by atoms with Crippen molar-refractivity contribution in [1.82, 2.24) is 10.2 Å². The van der Waals surface area contributed by atoms with Crippen LogP contribution in [-0.4, -0.2) is 29.3 Å². The molecular formula is C33H35N3O2. The first kappa shape index (κ1) is 23.5. The summed E-state index contributed by atoms with van der Waals surface area (Å²) in [5, 5.41) is 7.16. The lowest BCUT2D eigenvalue weighted by atomic mass is 9.61. The van der Waals surface area contributed by atoms with Gasteiger partial charge in [0.25, 0.3) is 5.91 Å². The topological polar surface area (TPSA) is 61.4 Å². The van der Waals surface area contributed by atoms with Crippen molar-refractivity contribution in [2.24, 2.45) is 23.7 Å². The second-order valence-electron chi connectivity index (χ2n) is 11.6. The Hall–Kier alpha value is -3.60. The van der Waals surface area contributed by atoms with E-state index in [0.717, 1.165) is 44.3 Å². The normalized spacial score (nSPS) is 31.2.